The number of nitrogens with one attached hydrogen (secondary N) is 1. The highest BCUT2D eigenvalue weighted by atomic mass is 35.5. The molecule has 0 radical (unpaired) electrons. The van der Waals surface area contributed by atoms with E-state index in [0.29, 0.717) is 29.0 Å². The molecule has 1 amide bonds. The summed E-state index contributed by atoms with van der Waals surface area (Å²) < 4.78 is 3.34. The van der Waals surface area contributed by atoms with Crippen molar-refractivity contribution in [3.63, 3.8) is 0 Å². The molecule has 22 heavy (non-hydrogen) atoms. The summed E-state index contributed by atoms with van der Waals surface area (Å²) in [7, 11) is 0. The third kappa shape index (κ3) is 4.01. The highest BCUT2D eigenvalue weighted by molar-refractivity contribution is 6.41. The van der Waals surface area contributed by atoms with Crippen molar-refractivity contribution in [1.29, 1.82) is 0 Å². The van der Waals surface area contributed by atoms with Crippen molar-refractivity contribution < 1.29 is 4.79 Å². The molecule has 0 saturated heterocycles. The smallest absolute Gasteiger partial charge is 0.241 e. The zero-order chi connectivity index (χ0) is 16.3. The summed E-state index contributed by atoms with van der Waals surface area (Å²) >= 11 is 12.0. The number of halogens is 2. The molecule has 0 saturated carbocycles. The minimum Gasteiger partial charge on any atom is -0.354 e. The van der Waals surface area contributed by atoms with Gasteiger partial charge in [0.15, 0.2) is 0 Å². The second-order valence-corrected chi connectivity index (χ2v) is 5.94. The Kier molecular flexibility index (Phi) is 5.47. The van der Waals surface area contributed by atoms with Gasteiger partial charge in [-0.3, -0.25) is 14.2 Å². The molecule has 2 aromatic heterocycles. The van der Waals surface area contributed by atoms with Crippen LogP contribution in [0.25, 0.3) is 0 Å². The largest absolute Gasteiger partial charge is 0.354 e. The van der Waals surface area contributed by atoms with E-state index in [2.05, 4.69) is 15.5 Å². The van der Waals surface area contributed by atoms with Crippen LogP contribution in [0.15, 0.2) is 6.07 Å². The van der Waals surface area contributed by atoms with Crippen LogP contribution in [0.5, 0.6) is 0 Å². The molecule has 0 aromatic carbocycles. The molecule has 6 nitrogen and oxygen atoms in total. The molecule has 0 aliphatic heterocycles. The van der Waals surface area contributed by atoms with Crippen LogP contribution in [0.3, 0.4) is 0 Å². The van der Waals surface area contributed by atoms with E-state index in [9.17, 15) is 4.79 Å². The monoisotopic (exact) mass is 343 g/mol. The van der Waals surface area contributed by atoms with Gasteiger partial charge in [-0.2, -0.15) is 10.2 Å². The first kappa shape index (κ1) is 16.8. The molecule has 0 spiro atoms. The number of aryl methyl sites for hydroxylation is 4. The fraction of sp³-hybridized carbons (Fsp3) is 0.500. The van der Waals surface area contributed by atoms with E-state index < -0.39 is 0 Å². The predicted octanol–water partition coefficient (Wildman–Crippen LogP) is 2.52. The van der Waals surface area contributed by atoms with Gasteiger partial charge < -0.3 is 5.32 Å². The fourth-order valence-corrected chi connectivity index (χ4v) is 2.56. The molecule has 0 aliphatic carbocycles. The highest BCUT2D eigenvalue weighted by Crippen LogP contribution is 2.24. The van der Waals surface area contributed by atoms with E-state index in [1.165, 1.54) is 0 Å². The molecule has 2 heterocycles. The SMILES string of the molecule is Cc1cc(C)n(CC(=O)NCCCn2nc(C)c(Cl)c2Cl)n1. The van der Waals surface area contributed by atoms with Crippen molar-refractivity contribution in [2.45, 2.75) is 40.3 Å². The van der Waals surface area contributed by atoms with E-state index >= 15 is 0 Å². The highest BCUT2D eigenvalue weighted by Gasteiger charge is 2.11. The van der Waals surface area contributed by atoms with Crippen LogP contribution >= 0.6 is 23.2 Å². The van der Waals surface area contributed by atoms with Crippen molar-refractivity contribution in [2.75, 3.05) is 6.54 Å². The minimum absolute atomic E-state index is 0.0630. The van der Waals surface area contributed by atoms with Crippen LogP contribution in [0, 0.1) is 20.8 Å². The lowest BCUT2D eigenvalue weighted by molar-refractivity contribution is -0.121. The topological polar surface area (TPSA) is 64.7 Å². The van der Waals surface area contributed by atoms with Crippen LogP contribution in [0.4, 0.5) is 0 Å². The molecule has 0 bridgehead atoms. The van der Waals surface area contributed by atoms with E-state index in [4.69, 9.17) is 23.2 Å². The van der Waals surface area contributed by atoms with Crippen molar-refractivity contribution in [3.8, 4) is 0 Å². The third-order valence-corrected chi connectivity index (χ3v) is 4.20. The Morgan fingerprint density at radius 2 is 1.95 bits per heavy atom. The summed E-state index contributed by atoms with van der Waals surface area (Å²) in [5.41, 5.74) is 2.59. The normalized spacial score (nSPS) is 11.0. The summed E-state index contributed by atoms with van der Waals surface area (Å²) in [6.45, 7) is 7.02. The number of hydrogen-bond acceptors (Lipinski definition) is 3. The molecule has 120 valence electrons. The molecule has 0 atom stereocenters. The van der Waals surface area contributed by atoms with E-state index in [1.807, 2.05) is 19.9 Å². The first-order valence-electron chi connectivity index (χ1n) is 7.04. The number of rotatable bonds is 6. The van der Waals surface area contributed by atoms with Gasteiger partial charge in [-0.05, 0) is 33.3 Å². The van der Waals surface area contributed by atoms with E-state index in [1.54, 1.807) is 16.3 Å². The maximum atomic E-state index is 11.9. The quantitative estimate of drug-likeness (QED) is 0.819. The summed E-state index contributed by atoms with van der Waals surface area (Å²) in [6.07, 6.45) is 0.722. The van der Waals surface area contributed by atoms with Gasteiger partial charge in [-0.25, -0.2) is 0 Å². The fourth-order valence-electron chi connectivity index (χ4n) is 2.16. The second-order valence-electron chi connectivity index (χ2n) is 5.20. The Balaban J connectivity index is 1.75. The standard InChI is InChI=1S/C14H19Cl2N5O/c1-9-7-10(2)21(18-9)8-12(22)17-5-4-6-20-14(16)13(15)11(3)19-20/h7H,4-6,8H2,1-3H3,(H,17,22). The van der Waals surface area contributed by atoms with Crippen LogP contribution in [-0.2, 0) is 17.9 Å². The maximum absolute atomic E-state index is 11.9. The second kappa shape index (κ2) is 7.15. The van der Waals surface area contributed by atoms with Crippen molar-refractivity contribution in [3.05, 3.63) is 33.3 Å². The maximum Gasteiger partial charge on any atom is 0.241 e. The summed E-state index contributed by atoms with van der Waals surface area (Å²) in [5, 5.41) is 12.3. The van der Waals surface area contributed by atoms with Crippen LogP contribution in [0.2, 0.25) is 10.2 Å². The predicted molar refractivity (Wildman–Crippen MR) is 86.3 cm³/mol. The molecule has 0 aliphatic rings. The molecular weight excluding hydrogens is 325 g/mol. The average molecular weight is 344 g/mol. The number of amides is 1. The van der Waals surface area contributed by atoms with E-state index in [0.717, 1.165) is 17.8 Å². The lowest BCUT2D eigenvalue weighted by Crippen LogP contribution is -2.29. The molecule has 1 N–H and O–H groups in total. The average Bonchev–Trinajstić information content (AvgIpc) is 2.89. The van der Waals surface area contributed by atoms with Gasteiger partial charge in [-0.1, -0.05) is 23.2 Å². The Labute approximate surface area is 139 Å². The van der Waals surface area contributed by atoms with Gasteiger partial charge in [0.1, 0.15) is 16.7 Å². The number of nitrogens with zero attached hydrogens (tertiary/aromatic N) is 4. The first-order valence-corrected chi connectivity index (χ1v) is 7.80. The van der Waals surface area contributed by atoms with Gasteiger partial charge in [0.05, 0.1) is 11.4 Å². The van der Waals surface area contributed by atoms with Crippen molar-refractivity contribution in [2.24, 2.45) is 0 Å². The summed E-state index contributed by atoms with van der Waals surface area (Å²) in [6, 6.07) is 1.94. The molecule has 0 fully saturated rings. The number of hydrogen-bond donors (Lipinski definition) is 1. The van der Waals surface area contributed by atoms with Crippen LogP contribution in [-0.4, -0.2) is 32.0 Å². The lowest BCUT2D eigenvalue weighted by Gasteiger charge is -2.07. The van der Waals surface area contributed by atoms with Gasteiger partial charge in [0.2, 0.25) is 5.91 Å². The number of aromatic nitrogens is 4. The lowest BCUT2D eigenvalue weighted by atomic mass is 10.4. The third-order valence-electron chi connectivity index (χ3n) is 3.26. The summed E-state index contributed by atoms with van der Waals surface area (Å²) in [5.74, 6) is -0.0630. The molecule has 8 heteroatoms. The minimum atomic E-state index is -0.0630. The first-order chi connectivity index (χ1) is 10.4. The zero-order valence-corrected chi connectivity index (χ0v) is 14.4. The molecule has 2 aromatic rings. The Bertz CT molecular complexity index is 677. The van der Waals surface area contributed by atoms with Gasteiger partial charge in [-0.15, -0.1) is 0 Å². The molecule has 2 rings (SSSR count). The number of carbonyl (C=O) groups is 1. The Morgan fingerprint density at radius 3 is 2.50 bits per heavy atom. The van der Waals surface area contributed by atoms with Gasteiger partial charge >= 0.3 is 0 Å². The van der Waals surface area contributed by atoms with Crippen molar-refractivity contribution >= 4 is 29.1 Å². The number of carbonyl (C=O) groups excluding carboxylic acids is 1. The Hall–Kier alpha value is -1.53. The zero-order valence-electron chi connectivity index (χ0n) is 12.9. The molecular formula is C14H19Cl2N5O. The van der Waals surface area contributed by atoms with Gasteiger partial charge in [0.25, 0.3) is 0 Å². The van der Waals surface area contributed by atoms with Crippen molar-refractivity contribution in [1.82, 2.24) is 24.9 Å². The van der Waals surface area contributed by atoms with Crippen LogP contribution in [0.1, 0.15) is 23.5 Å². The summed E-state index contributed by atoms with van der Waals surface area (Å²) in [4.78, 5) is 11.9. The van der Waals surface area contributed by atoms with Crippen LogP contribution < -0.4 is 5.32 Å². The molecule has 0 unspecified atom stereocenters. The van der Waals surface area contributed by atoms with Gasteiger partial charge in [0, 0.05) is 18.8 Å². The van der Waals surface area contributed by atoms with E-state index in [-0.39, 0.29) is 12.5 Å². The Morgan fingerprint density at radius 1 is 1.23 bits per heavy atom.